The Morgan fingerprint density at radius 3 is 2.65 bits per heavy atom. The molecule has 0 unspecified atom stereocenters. The third-order valence-electron chi connectivity index (χ3n) is 2.73. The lowest BCUT2D eigenvalue weighted by atomic mass is 10.2. The molecule has 0 aliphatic heterocycles. The number of nitrogens with one attached hydrogen (secondary N) is 1. The highest BCUT2D eigenvalue weighted by Crippen LogP contribution is 2.29. The zero-order valence-electron chi connectivity index (χ0n) is 10.2. The molecule has 0 saturated carbocycles. The number of benzene rings is 2. The molecule has 0 atom stereocenters. The van der Waals surface area contributed by atoms with E-state index in [-0.39, 0.29) is 18.0 Å². The highest BCUT2D eigenvalue weighted by atomic mass is 19.1. The van der Waals surface area contributed by atoms with Crippen LogP contribution in [0.4, 0.5) is 15.8 Å². The molecule has 3 N–H and O–H groups in total. The van der Waals surface area contributed by atoms with Gasteiger partial charge in [0.2, 0.25) is 5.82 Å². The van der Waals surface area contributed by atoms with Crippen LogP contribution in [0.2, 0.25) is 0 Å². The third-order valence-corrected chi connectivity index (χ3v) is 2.73. The van der Waals surface area contributed by atoms with Gasteiger partial charge in [-0.25, -0.2) is 0 Å². The molecule has 0 fully saturated rings. The molecule has 0 saturated heterocycles. The Morgan fingerprint density at radius 1 is 1.25 bits per heavy atom. The number of rotatable bonds is 4. The van der Waals surface area contributed by atoms with Crippen LogP contribution >= 0.6 is 0 Å². The summed E-state index contributed by atoms with van der Waals surface area (Å²) in [5.41, 5.74) is 0.148. The maximum Gasteiger partial charge on any atom is 0.304 e. The number of nitro benzene ring substituents is 1. The molecule has 0 spiro atoms. The molecule has 0 aromatic heterocycles. The van der Waals surface area contributed by atoms with Crippen molar-refractivity contribution < 1.29 is 19.5 Å². The van der Waals surface area contributed by atoms with Crippen LogP contribution in [0, 0.1) is 15.9 Å². The summed E-state index contributed by atoms with van der Waals surface area (Å²) in [6.07, 6.45) is 0. The fourth-order valence-electron chi connectivity index (χ4n) is 1.68. The van der Waals surface area contributed by atoms with Crippen molar-refractivity contribution in [2.24, 2.45) is 0 Å². The summed E-state index contributed by atoms with van der Waals surface area (Å²) in [5, 5.41) is 32.2. The highest BCUT2D eigenvalue weighted by Gasteiger charge is 2.14. The van der Waals surface area contributed by atoms with E-state index < -0.39 is 16.4 Å². The van der Waals surface area contributed by atoms with E-state index in [2.05, 4.69) is 5.32 Å². The van der Waals surface area contributed by atoms with E-state index in [4.69, 9.17) is 0 Å². The Hall–Kier alpha value is -2.83. The van der Waals surface area contributed by atoms with E-state index in [1.165, 1.54) is 12.1 Å². The number of anilines is 1. The first-order valence-corrected chi connectivity index (χ1v) is 5.66. The number of hydrogen-bond acceptors (Lipinski definition) is 5. The molecule has 0 aliphatic rings. The molecule has 2 rings (SSSR count). The number of para-hydroxylation sites is 1. The van der Waals surface area contributed by atoms with Gasteiger partial charge in [-0.3, -0.25) is 10.1 Å². The van der Waals surface area contributed by atoms with Crippen molar-refractivity contribution in [3.8, 4) is 11.5 Å². The summed E-state index contributed by atoms with van der Waals surface area (Å²) in [4.78, 5) is 9.67. The van der Waals surface area contributed by atoms with Gasteiger partial charge in [-0.15, -0.1) is 0 Å². The van der Waals surface area contributed by atoms with Crippen molar-refractivity contribution in [1.82, 2.24) is 0 Å². The van der Waals surface area contributed by atoms with Crippen LogP contribution in [0.25, 0.3) is 0 Å². The molecule has 2 aromatic rings. The number of hydrogen-bond donors (Lipinski definition) is 3. The Kier molecular flexibility index (Phi) is 3.69. The van der Waals surface area contributed by atoms with E-state index in [0.29, 0.717) is 11.3 Å². The third kappa shape index (κ3) is 2.77. The maximum absolute atomic E-state index is 13.4. The topological polar surface area (TPSA) is 95.6 Å². The highest BCUT2D eigenvalue weighted by molar-refractivity contribution is 5.51. The Balaban J connectivity index is 2.13. The standard InChI is InChI=1S/C13H11FN2O4/c14-10-6-9(4-5-11(10)16(19)20)15-7-8-2-1-3-12(17)13(8)18/h1-6,15,17-18H,7H2. The van der Waals surface area contributed by atoms with Gasteiger partial charge in [-0.1, -0.05) is 12.1 Å². The monoisotopic (exact) mass is 278 g/mol. The fourth-order valence-corrected chi connectivity index (χ4v) is 1.68. The molecule has 6 nitrogen and oxygen atoms in total. The van der Waals surface area contributed by atoms with Gasteiger partial charge in [0.25, 0.3) is 0 Å². The number of nitro groups is 1. The van der Waals surface area contributed by atoms with Crippen LogP contribution in [0.5, 0.6) is 11.5 Å². The summed E-state index contributed by atoms with van der Waals surface area (Å²) >= 11 is 0. The van der Waals surface area contributed by atoms with Gasteiger partial charge in [0.1, 0.15) is 0 Å². The molecule has 20 heavy (non-hydrogen) atoms. The predicted octanol–water partition coefficient (Wildman–Crippen LogP) is 2.76. The predicted molar refractivity (Wildman–Crippen MR) is 70.2 cm³/mol. The molecule has 0 heterocycles. The minimum atomic E-state index is -0.944. The molecule has 0 radical (unpaired) electrons. The Morgan fingerprint density at radius 2 is 2.00 bits per heavy atom. The molecule has 104 valence electrons. The van der Waals surface area contributed by atoms with Crippen LogP contribution in [0.15, 0.2) is 36.4 Å². The summed E-state index contributed by atoms with van der Waals surface area (Å²) < 4.78 is 13.4. The minimum absolute atomic E-state index is 0.136. The Labute approximate surface area is 113 Å². The van der Waals surface area contributed by atoms with Gasteiger partial charge in [-0.05, 0) is 12.1 Å². The average Bonchev–Trinajstić information content (AvgIpc) is 2.40. The van der Waals surface area contributed by atoms with Gasteiger partial charge in [0, 0.05) is 29.9 Å². The maximum atomic E-state index is 13.4. The smallest absolute Gasteiger partial charge is 0.304 e. The first-order valence-electron chi connectivity index (χ1n) is 5.66. The van der Waals surface area contributed by atoms with Crippen LogP contribution in [-0.2, 0) is 6.54 Å². The van der Waals surface area contributed by atoms with Crippen LogP contribution in [0.1, 0.15) is 5.56 Å². The molecule has 0 aliphatic carbocycles. The number of nitrogens with zero attached hydrogens (tertiary/aromatic N) is 1. The minimum Gasteiger partial charge on any atom is -0.504 e. The van der Waals surface area contributed by atoms with Crippen molar-refractivity contribution in [1.29, 1.82) is 0 Å². The van der Waals surface area contributed by atoms with Gasteiger partial charge < -0.3 is 15.5 Å². The lowest BCUT2D eigenvalue weighted by Crippen LogP contribution is -2.01. The second-order valence-electron chi connectivity index (χ2n) is 4.06. The van der Waals surface area contributed by atoms with E-state index in [9.17, 15) is 24.7 Å². The average molecular weight is 278 g/mol. The largest absolute Gasteiger partial charge is 0.504 e. The summed E-state index contributed by atoms with van der Waals surface area (Å²) in [7, 11) is 0. The summed E-state index contributed by atoms with van der Waals surface area (Å²) in [6, 6.07) is 7.90. The molecule has 0 bridgehead atoms. The number of phenolic OH excluding ortho intramolecular Hbond substituents is 2. The van der Waals surface area contributed by atoms with Gasteiger partial charge in [0.15, 0.2) is 11.5 Å². The molecule has 0 amide bonds. The van der Waals surface area contributed by atoms with E-state index in [1.54, 1.807) is 12.1 Å². The van der Waals surface area contributed by atoms with Crippen molar-refractivity contribution in [2.45, 2.75) is 6.54 Å². The summed E-state index contributed by atoms with van der Waals surface area (Å²) in [5.74, 6) is -1.46. The van der Waals surface area contributed by atoms with Crippen LogP contribution < -0.4 is 5.32 Å². The molecule has 7 heteroatoms. The summed E-state index contributed by atoms with van der Waals surface area (Å²) in [6.45, 7) is 0.136. The first kappa shape index (κ1) is 13.6. The van der Waals surface area contributed by atoms with E-state index in [0.717, 1.165) is 12.1 Å². The van der Waals surface area contributed by atoms with Crippen molar-refractivity contribution in [3.63, 3.8) is 0 Å². The quantitative estimate of drug-likeness (QED) is 0.454. The van der Waals surface area contributed by atoms with Gasteiger partial charge in [0.05, 0.1) is 4.92 Å². The van der Waals surface area contributed by atoms with E-state index >= 15 is 0 Å². The second-order valence-corrected chi connectivity index (χ2v) is 4.06. The first-order chi connectivity index (χ1) is 9.49. The number of halogens is 1. The van der Waals surface area contributed by atoms with E-state index in [1.807, 2.05) is 0 Å². The lowest BCUT2D eigenvalue weighted by molar-refractivity contribution is -0.387. The number of aromatic hydroxyl groups is 2. The Bertz CT molecular complexity index is 661. The molecule has 2 aromatic carbocycles. The lowest BCUT2D eigenvalue weighted by Gasteiger charge is -2.09. The SMILES string of the molecule is O=[N+]([O-])c1ccc(NCc2cccc(O)c2O)cc1F. The van der Waals surface area contributed by atoms with Crippen LogP contribution in [0.3, 0.4) is 0 Å². The second kappa shape index (κ2) is 5.43. The van der Waals surface area contributed by atoms with Gasteiger partial charge in [-0.2, -0.15) is 4.39 Å². The van der Waals surface area contributed by atoms with Crippen LogP contribution in [-0.4, -0.2) is 15.1 Å². The van der Waals surface area contributed by atoms with Gasteiger partial charge >= 0.3 is 5.69 Å². The van der Waals surface area contributed by atoms with Crippen molar-refractivity contribution >= 4 is 11.4 Å². The normalized spacial score (nSPS) is 10.2. The molecular formula is C13H11FN2O4. The zero-order chi connectivity index (χ0) is 14.7. The number of phenols is 2. The fraction of sp³-hybridized carbons (Fsp3) is 0.0769. The molecular weight excluding hydrogens is 267 g/mol. The zero-order valence-corrected chi connectivity index (χ0v) is 10.2. The van der Waals surface area contributed by atoms with Crippen molar-refractivity contribution in [2.75, 3.05) is 5.32 Å². The van der Waals surface area contributed by atoms with Crippen molar-refractivity contribution in [3.05, 3.63) is 57.9 Å².